The number of methoxy groups -OCH3 is 1. The second-order valence-corrected chi connectivity index (χ2v) is 7.39. The summed E-state index contributed by atoms with van der Waals surface area (Å²) in [5, 5.41) is 3.29. The van der Waals surface area contributed by atoms with Crippen LogP contribution in [-0.4, -0.2) is 24.0 Å². The van der Waals surface area contributed by atoms with Crippen molar-refractivity contribution in [3.63, 3.8) is 0 Å². The summed E-state index contributed by atoms with van der Waals surface area (Å²) in [6.45, 7) is 0. The van der Waals surface area contributed by atoms with Crippen molar-refractivity contribution >= 4 is 46.5 Å². The van der Waals surface area contributed by atoms with Crippen LogP contribution in [0.5, 0.6) is 0 Å². The number of carbonyl (C=O) groups excluding carboxylic acids is 2. The molecule has 1 heterocycles. The van der Waals surface area contributed by atoms with E-state index >= 15 is 0 Å². The molecule has 5 nitrogen and oxygen atoms in total. The number of rotatable bonds is 6. The zero-order valence-corrected chi connectivity index (χ0v) is 17.1. The van der Waals surface area contributed by atoms with Gasteiger partial charge in [-0.2, -0.15) is 0 Å². The first-order valence-corrected chi connectivity index (χ1v) is 9.84. The number of benzene rings is 2. The van der Waals surface area contributed by atoms with Crippen LogP contribution in [-0.2, 0) is 25.5 Å². The van der Waals surface area contributed by atoms with Crippen molar-refractivity contribution in [1.82, 2.24) is 4.98 Å². The summed E-state index contributed by atoms with van der Waals surface area (Å²) in [4.78, 5) is 28.8. The molecule has 3 rings (SSSR count). The number of ether oxygens (including phenoxy) is 2. The highest BCUT2D eigenvalue weighted by Crippen LogP contribution is 2.36. The molecule has 3 aromatic rings. The van der Waals surface area contributed by atoms with Crippen LogP contribution in [0, 0.1) is 0 Å². The Kier molecular flexibility index (Phi) is 6.67. The molecule has 1 atom stereocenters. The fourth-order valence-corrected chi connectivity index (χ4v) is 4.09. The Hall–Kier alpha value is -2.41. The molecule has 0 fully saturated rings. The van der Waals surface area contributed by atoms with Crippen molar-refractivity contribution in [1.29, 1.82) is 0 Å². The fourth-order valence-electron chi connectivity index (χ4n) is 2.51. The first-order valence-electron chi connectivity index (χ1n) is 8.20. The van der Waals surface area contributed by atoms with Gasteiger partial charge in [0.2, 0.25) is 6.10 Å². The number of thiazole rings is 1. The van der Waals surface area contributed by atoms with E-state index in [9.17, 15) is 9.59 Å². The Morgan fingerprint density at radius 1 is 1.07 bits per heavy atom. The number of carbonyl (C=O) groups is 2. The van der Waals surface area contributed by atoms with Crippen molar-refractivity contribution in [2.75, 3.05) is 7.11 Å². The SMILES string of the molecule is COC(=O)[C@@H](OC(=O)Cc1csc(-c2c(Cl)cccc2Cl)n1)c1ccccc1. The number of aromatic nitrogens is 1. The summed E-state index contributed by atoms with van der Waals surface area (Å²) in [7, 11) is 1.24. The van der Waals surface area contributed by atoms with Crippen LogP contribution >= 0.6 is 34.5 Å². The van der Waals surface area contributed by atoms with Gasteiger partial charge in [0.25, 0.3) is 0 Å². The van der Waals surface area contributed by atoms with Crippen molar-refractivity contribution < 1.29 is 19.1 Å². The zero-order valence-electron chi connectivity index (χ0n) is 14.7. The summed E-state index contributed by atoms with van der Waals surface area (Å²) >= 11 is 13.7. The smallest absolute Gasteiger partial charge is 0.351 e. The molecule has 8 heteroatoms. The van der Waals surface area contributed by atoms with E-state index in [1.165, 1.54) is 18.4 Å². The molecule has 144 valence electrons. The second kappa shape index (κ2) is 9.19. The Labute approximate surface area is 175 Å². The van der Waals surface area contributed by atoms with Gasteiger partial charge in [0.05, 0.1) is 29.3 Å². The minimum Gasteiger partial charge on any atom is -0.466 e. The molecule has 0 N–H and O–H groups in total. The topological polar surface area (TPSA) is 65.5 Å². The van der Waals surface area contributed by atoms with E-state index in [1.54, 1.807) is 53.9 Å². The van der Waals surface area contributed by atoms with Gasteiger partial charge in [0.1, 0.15) is 5.01 Å². The lowest BCUT2D eigenvalue weighted by Crippen LogP contribution is -2.22. The van der Waals surface area contributed by atoms with Gasteiger partial charge in [-0.3, -0.25) is 4.79 Å². The van der Waals surface area contributed by atoms with E-state index in [2.05, 4.69) is 4.98 Å². The Balaban J connectivity index is 1.74. The molecule has 28 heavy (non-hydrogen) atoms. The molecule has 0 saturated carbocycles. The van der Waals surface area contributed by atoms with Crippen LogP contribution < -0.4 is 0 Å². The second-order valence-electron chi connectivity index (χ2n) is 5.72. The number of halogens is 2. The maximum atomic E-state index is 12.4. The number of hydrogen-bond donors (Lipinski definition) is 0. The standard InChI is InChI=1S/C20H15Cl2NO4S/c1-26-20(25)18(12-6-3-2-4-7-12)27-16(24)10-13-11-28-19(23-13)17-14(21)8-5-9-15(17)22/h2-9,11,18H,10H2,1H3/t18-/m0/s1. The minimum atomic E-state index is -1.13. The lowest BCUT2D eigenvalue weighted by Gasteiger charge is -2.15. The first kappa shape index (κ1) is 20.3. The fraction of sp³-hybridized carbons (Fsp3) is 0.150. The molecule has 0 saturated heterocycles. The summed E-state index contributed by atoms with van der Waals surface area (Å²) in [6.07, 6.45) is -1.23. The number of esters is 2. The molecule has 0 aliphatic heterocycles. The molecule has 0 spiro atoms. The predicted octanol–water partition coefficient (Wildman–Crippen LogP) is 5.12. The van der Waals surface area contributed by atoms with Gasteiger partial charge in [-0.25, -0.2) is 9.78 Å². The average molecular weight is 436 g/mol. The van der Waals surface area contributed by atoms with Crippen LogP contribution in [0.4, 0.5) is 0 Å². The van der Waals surface area contributed by atoms with E-state index in [4.69, 9.17) is 32.7 Å². The average Bonchev–Trinajstić information content (AvgIpc) is 3.14. The van der Waals surface area contributed by atoms with Gasteiger partial charge >= 0.3 is 11.9 Å². The molecule has 0 radical (unpaired) electrons. The number of hydrogen-bond acceptors (Lipinski definition) is 6. The van der Waals surface area contributed by atoms with E-state index in [1.807, 2.05) is 0 Å². The lowest BCUT2D eigenvalue weighted by molar-refractivity contribution is -0.166. The minimum absolute atomic E-state index is 0.0983. The van der Waals surface area contributed by atoms with Crippen LogP contribution in [0.15, 0.2) is 53.9 Å². The molecule has 0 amide bonds. The van der Waals surface area contributed by atoms with E-state index < -0.39 is 18.0 Å². The first-order chi connectivity index (χ1) is 13.5. The Morgan fingerprint density at radius 2 is 1.75 bits per heavy atom. The van der Waals surface area contributed by atoms with Gasteiger partial charge in [-0.05, 0) is 12.1 Å². The van der Waals surface area contributed by atoms with Crippen LogP contribution in [0.3, 0.4) is 0 Å². The van der Waals surface area contributed by atoms with Crippen molar-refractivity contribution in [3.8, 4) is 10.6 Å². The molecule has 0 bridgehead atoms. The maximum absolute atomic E-state index is 12.4. The van der Waals surface area contributed by atoms with E-state index in [-0.39, 0.29) is 6.42 Å². The van der Waals surface area contributed by atoms with Crippen molar-refractivity contribution in [3.05, 3.63) is 75.2 Å². The highest BCUT2D eigenvalue weighted by atomic mass is 35.5. The summed E-state index contributed by atoms with van der Waals surface area (Å²) in [5.74, 6) is -1.25. The van der Waals surface area contributed by atoms with Crippen LogP contribution in [0.2, 0.25) is 10.0 Å². The van der Waals surface area contributed by atoms with Crippen molar-refractivity contribution in [2.24, 2.45) is 0 Å². The third-order valence-electron chi connectivity index (χ3n) is 3.82. The predicted molar refractivity (Wildman–Crippen MR) is 109 cm³/mol. The molecule has 0 unspecified atom stereocenters. The quantitative estimate of drug-likeness (QED) is 0.502. The summed E-state index contributed by atoms with van der Waals surface area (Å²) < 4.78 is 10.1. The van der Waals surface area contributed by atoms with Gasteiger partial charge < -0.3 is 9.47 Å². The number of nitrogens with zero attached hydrogens (tertiary/aromatic N) is 1. The molecule has 1 aromatic heterocycles. The molecule has 0 aliphatic rings. The Morgan fingerprint density at radius 3 is 2.39 bits per heavy atom. The van der Waals surface area contributed by atoms with Crippen LogP contribution in [0.25, 0.3) is 10.6 Å². The third kappa shape index (κ3) is 4.70. The normalized spacial score (nSPS) is 11.7. The monoisotopic (exact) mass is 435 g/mol. The van der Waals surface area contributed by atoms with E-state index in [0.29, 0.717) is 31.9 Å². The third-order valence-corrected chi connectivity index (χ3v) is 5.36. The van der Waals surface area contributed by atoms with Gasteiger partial charge in [-0.15, -0.1) is 11.3 Å². The summed E-state index contributed by atoms with van der Waals surface area (Å²) in [6, 6.07) is 13.9. The largest absolute Gasteiger partial charge is 0.466 e. The maximum Gasteiger partial charge on any atom is 0.351 e. The van der Waals surface area contributed by atoms with E-state index in [0.717, 1.165) is 0 Å². The molecular weight excluding hydrogens is 421 g/mol. The lowest BCUT2D eigenvalue weighted by atomic mass is 10.1. The Bertz CT molecular complexity index is 971. The van der Waals surface area contributed by atoms with Gasteiger partial charge in [0.15, 0.2) is 0 Å². The summed E-state index contributed by atoms with van der Waals surface area (Å²) in [5.41, 5.74) is 1.65. The molecular formula is C20H15Cl2NO4S. The zero-order chi connectivity index (χ0) is 20.1. The highest BCUT2D eigenvalue weighted by Gasteiger charge is 2.26. The van der Waals surface area contributed by atoms with Crippen molar-refractivity contribution in [2.45, 2.75) is 12.5 Å². The van der Waals surface area contributed by atoms with Gasteiger partial charge in [-0.1, -0.05) is 59.6 Å². The molecule has 0 aliphatic carbocycles. The highest BCUT2D eigenvalue weighted by molar-refractivity contribution is 7.13. The molecule has 2 aromatic carbocycles. The van der Waals surface area contributed by atoms with Gasteiger partial charge in [0, 0.05) is 16.5 Å². The van der Waals surface area contributed by atoms with Crippen LogP contribution in [0.1, 0.15) is 17.4 Å².